The van der Waals surface area contributed by atoms with Gasteiger partial charge in [-0.05, 0) is 29.5 Å². The number of nitrogens with zero attached hydrogens (tertiary/aromatic N) is 1. The molecule has 0 aromatic heterocycles. The van der Waals surface area contributed by atoms with E-state index in [1.807, 2.05) is 52.8 Å². The number of carbonyl (C=O) groups is 2. The Hall–Kier alpha value is -2.42. The second-order valence-electron chi connectivity index (χ2n) is 9.24. The van der Waals surface area contributed by atoms with Gasteiger partial charge in [-0.25, -0.2) is 0 Å². The number of hydrogen-bond donors (Lipinski definition) is 0. The van der Waals surface area contributed by atoms with Crippen LogP contribution in [0.25, 0.3) is 11.1 Å². The highest BCUT2D eigenvalue weighted by Gasteiger charge is 2.49. The van der Waals surface area contributed by atoms with E-state index in [9.17, 15) is 9.59 Å². The van der Waals surface area contributed by atoms with Gasteiger partial charge in [-0.3, -0.25) is 14.5 Å². The predicted molar refractivity (Wildman–Crippen MR) is 109 cm³/mol. The summed E-state index contributed by atoms with van der Waals surface area (Å²) < 4.78 is 0. The smallest absolute Gasteiger partial charge is 0.235 e. The number of imide groups is 1. The maximum Gasteiger partial charge on any atom is 0.235 e. The maximum atomic E-state index is 12.9. The first kappa shape index (κ1) is 19.3. The summed E-state index contributed by atoms with van der Waals surface area (Å²) in [4.78, 5) is 27.3. The fourth-order valence-corrected chi connectivity index (χ4v) is 3.78. The Morgan fingerprint density at radius 2 is 1.56 bits per heavy atom. The first-order valence-corrected chi connectivity index (χ1v) is 9.62. The molecular formula is C24H29NO2. The topological polar surface area (TPSA) is 37.4 Å². The van der Waals surface area contributed by atoms with E-state index in [-0.39, 0.29) is 17.9 Å². The molecule has 1 fully saturated rings. The first-order valence-electron chi connectivity index (χ1n) is 9.62. The van der Waals surface area contributed by atoms with Gasteiger partial charge in [0.2, 0.25) is 11.8 Å². The third kappa shape index (κ3) is 3.97. The number of benzene rings is 2. The third-order valence-electron chi connectivity index (χ3n) is 5.30. The van der Waals surface area contributed by atoms with E-state index in [0.29, 0.717) is 12.8 Å². The van der Waals surface area contributed by atoms with E-state index in [0.717, 1.165) is 5.56 Å². The number of likely N-dealkylation sites (tertiary alicyclic amines) is 1. The largest absolute Gasteiger partial charge is 0.278 e. The zero-order valence-electron chi connectivity index (χ0n) is 17.0. The van der Waals surface area contributed by atoms with Crippen molar-refractivity contribution in [2.75, 3.05) is 0 Å². The summed E-state index contributed by atoms with van der Waals surface area (Å²) in [7, 11) is 0. The number of amides is 2. The second-order valence-corrected chi connectivity index (χ2v) is 9.24. The summed E-state index contributed by atoms with van der Waals surface area (Å²) in [6.07, 6.45) is 1.40. The molecule has 1 heterocycles. The van der Waals surface area contributed by atoms with Crippen molar-refractivity contribution in [1.29, 1.82) is 0 Å². The van der Waals surface area contributed by atoms with Crippen molar-refractivity contribution in [2.24, 2.45) is 10.8 Å². The average Bonchev–Trinajstić information content (AvgIpc) is 2.83. The van der Waals surface area contributed by atoms with Crippen molar-refractivity contribution in [1.82, 2.24) is 4.90 Å². The molecule has 0 spiro atoms. The molecule has 1 atom stereocenters. The van der Waals surface area contributed by atoms with Gasteiger partial charge in [0.1, 0.15) is 0 Å². The molecule has 0 radical (unpaired) electrons. The molecule has 3 nitrogen and oxygen atoms in total. The van der Waals surface area contributed by atoms with E-state index in [1.165, 1.54) is 16.0 Å². The monoisotopic (exact) mass is 363 g/mol. The third-order valence-corrected chi connectivity index (χ3v) is 5.30. The Kier molecular flexibility index (Phi) is 4.98. The SMILES string of the molecule is CC(C)(C)C(=O)N1C(=O)C(C)(C)C[C@H]1Cc1ccc(-c2ccccc2)cc1. The van der Waals surface area contributed by atoms with Crippen molar-refractivity contribution in [2.45, 2.75) is 53.5 Å². The van der Waals surface area contributed by atoms with Gasteiger partial charge in [-0.1, -0.05) is 89.2 Å². The highest BCUT2D eigenvalue weighted by molar-refractivity contribution is 6.01. The Morgan fingerprint density at radius 1 is 1.00 bits per heavy atom. The van der Waals surface area contributed by atoms with Crippen molar-refractivity contribution in [3.05, 3.63) is 60.2 Å². The minimum absolute atomic E-state index is 0.0478. The van der Waals surface area contributed by atoms with E-state index in [4.69, 9.17) is 0 Å². The number of hydrogen-bond acceptors (Lipinski definition) is 2. The van der Waals surface area contributed by atoms with Crippen LogP contribution in [-0.2, 0) is 16.0 Å². The van der Waals surface area contributed by atoms with E-state index < -0.39 is 10.8 Å². The standard InChI is InChI=1S/C24H29NO2/c1-23(2,3)21(26)25-20(16-24(4,5)22(25)27)15-17-11-13-19(14-12-17)18-9-7-6-8-10-18/h6-14,20H,15-16H2,1-5H3/t20-/m1/s1. The van der Waals surface area contributed by atoms with E-state index in [2.05, 4.69) is 36.4 Å². The Morgan fingerprint density at radius 3 is 2.11 bits per heavy atom. The quantitative estimate of drug-likeness (QED) is 0.761. The summed E-state index contributed by atoms with van der Waals surface area (Å²) >= 11 is 0. The molecule has 142 valence electrons. The summed E-state index contributed by atoms with van der Waals surface area (Å²) in [6, 6.07) is 18.6. The minimum Gasteiger partial charge on any atom is -0.278 e. The van der Waals surface area contributed by atoms with Crippen LogP contribution in [0.15, 0.2) is 54.6 Å². The summed E-state index contributed by atoms with van der Waals surface area (Å²) in [5.74, 6) is -0.127. The van der Waals surface area contributed by atoms with Gasteiger partial charge in [-0.15, -0.1) is 0 Å². The minimum atomic E-state index is -0.564. The van der Waals surface area contributed by atoms with Gasteiger partial charge >= 0.3 is 0 Å². The normalized spacial score (nSPS) is 19.4. The van der Waals surface area contributed by atoms with Gasteiger partial charge in [-0.2, -0.15) is 0 Å². The van der Waals surface area contributed by atoms with Crippen molar-refractivity contribution < 1.29 is 9.59 Å². The van der Waals surface area contributed by atoms with E-state index in [1.54, 1.807) is 0 Å². The lowest BCUT2D eigenvalue weighted by molar-refractivity contribution is -0.152. The molecule has 27 heavy (non-hydrogen) atoms. The molecule has 0 bridgehead atoms. The van der Waals surface area contributed by atoms with E-state index >= 15 is 0 Å². The van der Waals surface area contributed by atoms with Crippen LogP contribution in [0.4, 0.5) is 0 Å². The molecule has 2 amide bonds. The van der Waals surface area contributed by atoms with Crippen LogP contribution in [0.2, 0.25) is 0 Å². The van der Waals surface area contributed by atoms with Crippen LogP contribution < -0.4 is 0 Å². The van der Waals surface area contributed by atoms with Gasteiger partial charge in [0.05, 0.1) is 0 Å². The zero-order valence-corrected chi connectivity index (χ0v) is 17.0. The fourth-order valence-electron chi connectivity index (χ4n) is 3.78. The molecule has 0 N–H and O–H groups in total. The van der Waals surface area contributed by atoms with Crippen molar-refractivity contribution in [3.8, 4) is 11.1 Å². The number of rotatable bonds is 3. The van der Waals surface area contributed by atoms with Crippen molar-refractivity contribution >= 4 is 11.8 Å². The lowest BCUT2D eigenvalue weighted by Gasteiger charge is -2.29. The van der Waals surface area contributed by atoms with Gasteiger partial charge in [0.15, 0.2) is 0 Å². The van der Waals surface area contributed by atoms with Crippen LogP contribution >= 0.6 is 0 Å². The van der Waals surface area contributed by atoms with Gasteiger partial charge < -0.3 is 0 Å². The number of carbonyl (C=O) groups excluding carboxylic acids is 2. The molecule has 1 saturated heterocycles. The van der Waals surface area contributed by atoms with Crippen LogP contribution in [0.3, 0.4) is 0 Å². The summed E-state index contributed by atoms with van der Waals surface area (Å²) in [5.41, 5.74) is 2.45. The lowest BCUT2D eigenvalue weighted by Crippen LogP contribution is -2.46. The molecule has 1 aliphatic heterocycles. The molecule has 0 saturated carbocycles. The fraction of sp³-hybridized carbons (Fsp3) is 0.417. The lowest BCUT2D eigenvalue weighted by atomic mass is 9.88. The molecular weight excluding hydrogens is 334 g/mol. The highest BCUT2D eigenvalue weighted by atomic mass is 16.2. The average molecular weight is 364 g/mol. The Bertz CT molecular complexity index is 829. The summed E-state index contributed by atoms with van der Waals surface area (Å²) in [6.45, 7) is 9.51. The first-order chi connectivity index (χ1) is 12.6. The van der Waals surface area contributed by atoms with Crippen LogP contribution in [0.1, 0.15) is 46.6 Å². The van der Waals surface area contributed by atoms with Gasteiger partial charge in [0, 0.05) is 16.9 Å². The maximum absolute atomic E-state index is 12.9. The summed E-state index contributed by atoms with van der Waals surface area (Å²) in [5, 5.41) is 0. The van der Waals surface area contributed by atoms with Crippen molar-refractivity contribution in [3.63, 3.8) is 0 Å². The van der Waals surface area contributed by atoms with Crippen LogP contribution in [0.5, 0.6) is 0 Å². The molecule has 3 rings (SSSR count). The zero-order chi connectivity index (χ0) is 19.8. The predicted octanol–water partition coefficient (Wildman–Crippen LogP) is 5.10. The molecule has 2 aromatic carbocycles. The second kappa shape index (κ2) is 6.95. The molecule has 0 unspecified atom stereocenters. The highest BCUT2D eigenvalue weighted by Crippen LogP contribution is 2.39. The van der Waals surface area contributed by atoms with Crippen LogP contribution in [0, 0.1) is 10.8 Å². The molecule has 1 aliphatic rings. The Labute approximate surface area is 162 Å². The van der Waals surface area contributed by atoms with Gasteiger partial charge in [0.25, 0.3) is 0 Å². The molecule has 3 heteroatoms. The molecule has 0 aliphatic carbocycles. The molecule has 2 aromatic rings. The Balaban J connectivity index is 1.82. The van der Waals surface area contributed by atoms with Crippen LogP contribution in [-0.4, -0.2) is 22.8 Å².